The molecule has 0 radical (unpaired) electrons. The zero-order valence-corrected chi connectivity index (χ0v) is 20.2. The van der Waals surface area contributed by atoms with E-state index < -0.39 is 0 Å². The first-order chi connectivity index (χ1) is 15.0. The molecule has 3 heterocycles. The first kappa shape index (κ1) is 26.1. The quantitative estimate of drug-likeness (QED) is 0.503. The van der Waals surface area contributed by atoms with Gasteiger partial charge in [0.1, 0.15) is 0 Å². The van der Waals surface area contributed by atoms with Gasteiger partial charge in [-0.2, -0.15) is 5.10 Å². The van der Waals surface area contributed by atoms with Crippen LogP contribution in [0.15, 0.2) is 48.8 Å². The van der Waals surface area contributed by atoms with Crippen molar-refractivity contribution in [2.24, 2.45) is 0 Å². The van der Waals surface area contributed by atoms with Crippen LogP contribution in [-0.2, 0) is 4.79 Å². The largest absolute Gasteiger partial charge is 0.295 e. The van der Waals surface area contributed by atoms with Gasteiger partial charge in [-0.15, -0.1) is 0 Å². The molecule has 168 valence electrons. The highest BCUT2D eigenvalue weighted by atomic mass is 16.2. The van der Waals surface area contributed by atoms with Crippen molar-refractivity contribution in [3.63, 3.8) is 0 Å². The molecule has 5 nitrogen and oxygen atoms in total. The van der Waals surface area contributed by atoms with E-state index in [0.29, 0.717) is 6.42 Å². The number of anilines is 1. The minimum atomic E-state index is 0.158. The van der Waals surface area contributed by atoms with Crippen LogP contribution in [0.3, 0.4) is 0 Å². The molecule has 4 rings (SSSR count). The maximum Gasteiger partial charge on any atom is 0.228 e. The Labute approximate surface area is 187 Å². The molecule has 0 bridgehead atoms. The van der Waals surface area contributed by atoms with Gasteiger partial charge in [0.05, 0.1) is 5.69 Å². The zero-order valence-electron chi connectivity index (χ0n) is 20.2. The Kier molecular flexibility index (Phi) is 11.9. The van der Waals surface area contributed by atoms with E-state index in [4.69, 9.17) is 0 Å². The molecular formula is C26H38N4O. The molecule has 1 aliphatic rings. The lowest BCUT2D eigenvalue weighted by Crippen LogP contribution is -2.24. The number of hydrogen-bond donors (Lipinski definition) is 1. The number of carbonyl (C=O) groups is 1. The van der Waals surface area contributed by atoms with E-state index in [-0.39, 0.29) is 5.91 Å². The van der Waals surface area contributed by atoms with Crippen molar-refractivity contribution in [3.05, 3.63) is 65.5 Å². The lowest BCUT2D eigenvalue weighted by Gasteiger charge is -2.12. The highest BCUT2D eigenvalue weighted by Crippen LogP contribution is 2.29. The summed E-state index contributed by atoms with van der Waals surface area (Å²) in [5.41, 5.74) is 5.66. The van der Waals surface area contributed by atoms with E-state index in [0.717, 1.165) is 35.6 Å². The molecule has 1 N–H and O–H groups in total. The van der Waals surface area contributed by atoms with Gasteiger partial charge in [0.25, 0.3) is 0 Å². The molecule has 1 fully saturated rings. The molecule has 5 heteroatoms. The minimum absolute atomic E-state index is 0.158. The van der Waals surface area contributed by atoms with Crippen molar-refractivity contribution >= 4 is 11.7 Å². The lowest BCUT2D eigenvalue weighted by molar-refractivity contribution is -0.117. The fourth-order valence-corrected chi connectivity index (χ4v) is 2.96. The number of nitrogens with zero attached hydrogens (tertiary/aromatic N) is 3. The molecule has 1 saturated heterocycles. The average Bonchev–Trinajstić information content (AvgIpc) is 3.38. The number of carbonyl (C=O) groups excluding carboxylic acids is 1. The maximum absolute atomic E-state index is 11.7. The highest BCUT2D eigenvalue weighted by Gasteiger charge is 2.26. The number of hydrogen-bond acceptors (Lipinski definition) is 3. The molecule has 1 aromatic carbocycles. The van der Waals surface area contributed by atoms with Crippen molar-refractivity contribution in [2.75, 3.05) is 11.4 Å². The Hall–Kier alpha value is -2.95. The Bertz CT molecular complexity index is 865. The summed E-state index contributed by atoms with van der Waals surface area (Å²) in [6, 6.07) is 12.3. The predicted molar refractivity (Wildman–Crippen MR) is 131 cm³/mol. The molecule has 31 heavy (non-hydrogen) atoms. The summed E-state index contributed by atoms with van der Waals surface area (Å²) in [5.74, 6) is 0.912. The van der Waals surface area contributed by atoms with Crippen LogP contribution < -0.4 is 4.90 Å². The van der Waals surface area contributed by atoms with Crippen LogP contribution in [0.1, 0.15) is 63.6 Å². The second-order valence-electron chi connectivity index (χ2n) is 7.29. The van der Waals surface area contributed by atoms with E-state index in [9.17, 15) is 4.79 Å². The topological polar surface area (TPSA) is 61.9 Å². The zero-order chi connectivity index (χ0) is 23.2. The number of nitrogens with one attached hydrogen (secondary N) is 1. The van der Waals surface area contributed by atoms with Crippen LogP contribution in [0.2, 0.25) is 0 Å². The Balaban J connectivity index is 0.000000309. The van der Waals surface area contributed by atoms with Gasteiger partial charge in [-0.25, -0.2) is 0 Å². The number of amides is 1. The van der Waals surface area contributed by atoms with Gasteiger partial charge < -0.3 is 0 Å². The van der Waals surface area contributed by atoms with E-state index in [1.807, 2.05) is 32.9 Å². The summed E-state index contributed by atoms with van der Waals surface area (Å²) in [6.07, 6.45) is 6.28. The molecule has 1 amide bonds. The summed E-state index contributed by atoms with van der Waals surface area (Å²) >= 11 is 0. The van der Waals surface area contributed by atoms with Gasteiger partial charge in [0, 0.05) is 36.5 Å². The fourth-order valence-electron chi connectivity index (χ4n) is 2.96. The van der Waals surface area contributed by atoms with Gasteiger partial charge >= 0.3 is 0 Å². The second kappa shape index (κ2) is 14.1. The minimum Gasteiger partial charge on any atom is -0.295 e. The third-order valence-corrected chi connectivity index (χ3v) is 4.50. The Morgan fingerprint density at radius 1 is 0.935 bits per heavy atom. The van der Waals surface area contributed by atoms with Crippen LogP contribution >= 0.6 is 0 Å². The standard InChI is InChI=1S/C13H14N4O.C8H10.C3H8.C2H6/c1-9-12(10-4-6-14-7-5-10)15-16-13(9)17-8-2-3-11(17)18;1-7-3-5-8(2)6-4-7;1-3-2;1-2/h4-7H,2-3,8H2,1H3,(H,15,16);3-6H,1-2H3;3H2,1-2H3;1-2H3. The van der Waals surface area contributed by atoms with Crippen molar-refractivity contribution in [2.45, 2.75) is 67.7 Å². The van der Waals surface area contributed by atoms with Crippen molar-refractivity contribution in [3.8, 4) is 11.3 Å². The number of aryl methyl sites for hydroxylation is 2. The summed E-state index contributed by atoms with van der Waals surface area (Å²) in [4.78, 5) is 17.5. The number of benzene rings is 1. The lowest BCUT2D eigenvalue weighted by atomic mass is 10.1. The molecule has 0 aliphatic carbocycles. The number of rotatable bonds is 2. The van der Waals surface area contributed by atoms with Crippen LogP contribution in [-0.4, -0.2) is 27.6 Å². The summed E-state index contributed by atoms with van der Waals surface area (Å²) < 4.78 is 0. The summed E-state index contributed by atoms with van der Waals surface area (Å²) in [5, 5.41) is 7.30. The van der Waals surface area contributed by atoms with E-state index in [2.05, 4.69) is 67.1 Å². The van der Waals surface area contributed by atoms with Crippen LogP contribution in [0.4, 0.5) is 5.82 Å². The average molecular weight is 423 g/mol. The predicted octanol–water partition coefficient (Wildman–Crippen LogP) is 6.65. The fraction of sp³-hybridized carbons (Fsp3) is 0.423. The van der Waals surface area contributed by atoms with Crippen LogP contribution in [0.25, 0.3) is 11.3 Å². The van der Waals surface area contributed by atoms with Crippen molar-refractivity contribution in [1.82, 2.24) is 15.2 Å². The molecule has 0 atom stereocenters. The summed E-state index contributed by atoms with van der Waals surface area (Å²) in [6.45, 7) is 15.2. The molecule has 1 aliphatic heterocycles. The van der Waals surface area contributed by atoms with Gasteiger partial charge in [-0.05, 0) is 39.3 Å². The smallest absolute Gasteiger partial charge is 0.228 e. The van der Waals surface area contributed by atoms with Gasteiger partial charge in [0.15, 0.2) is 5.82 Å². The van der Waals surface area contributed by atoms with E-state index in [1.54, 1.807) is 17.3 Å². The Morgan fingerprint density at radius 2 is 1.45 bits per heavy atom. The molecule has 3 aromatic rings. The normalized spacial score (nSPS) is 12.1. The van der Waals surface area contributed by atoms with Gasteiger partial charge in [0.2, 0.25) is 5.91 Å². The second-order valence-corrected chi connectivity index (χ2v) is 7.29. The number of pyridine rings is 1. The molecule has 2 aromatic heterocycles. The number of H-pyrrole nitrogens is 1. The molecular weight excluding hydrogens is 384 g/mol. The third kappa shape index (κ3) is 8.00. The molecule has 0 unspecified atom stereocenters. The highest BCUT2D eigenvalue weighted by molar-refractivity contribution is 5.95. The first-order valence-electron chi connectivity index (χ1n) is 11.3. The summed E-state index contributed by atoms with van der Waals surface area (Å²) in [7, 11) is 0. The maximum atomic E-state index is 11.7. The van der Waals surface area contributed by atoms with Gasteiger partial charge in [-0.3, -0.25) is 19.8 Å². The Morgan fingerprint density at radius 3 is 1.90 bits per heavy atom. The monoisotopic (exact) mass is 422 g/mol. The SMILES string of the molecule is CC.CCC.Cc1c(N2CCCC2=O)n[nH]c1-c1ccncc1.Cc1ccc(C)cc1. The number of aromatic nitrogens is 3. The van der Waals surface area contributed by atoms with Gasteiger partial charge in [-0.1, -0.05) is 69.5 Å². The third-order valence-electron chi connectivity index (χ3n) is 4.50. The van der Waals surface area contributed by atoms with Crippen molar-refractivity contribution in [1.29, 1.82) is 0 Å². The van der Waals surface area contributed by atoms with Crippen molar-refractivity contribution < 1.29 is 4.79 Å². The van der Waals surface area contributed by atoms with Crippen LogP contribution in [0, 0.1) is 20.8 Å². The first-order valence-corrected chi connectivity index (χ1v) is 11.3. The van der Waals surface area contributed by atoms with Crippen LogP contribution in [0.5, 0.6) is 0 Å². The number of aromatic amines is 1. The van der Waals surface area contributed by atoms with E-state index in [1.165, 1.54) is 17.5 Å². The molecule has 0 spiro atoms. The molecule has 0 saturated carbocycles. The van der Waals surface area contributed by atoms with E-state index >= 15 is 0 Å².